The number of piperidine rings is 1. The normalized spacial score (nSPS) is 19.3. The average molecular weight is 261 g/mol. The molecule has 19 heavy (non-hydrogen) atoms. The van der Waals surface area contributed by atoms with Crippen LogP contribution < -0.4 is 4.74 Å². The van der Waals surface area contributed by atoms with Crippen LogP contribution in [0.3, 0.4) is 0 Å². The summed E-state index contributed by atoms with van der Waals surface area (Å²) in [4.78, 5) is 14.2. The summed E-state index contributed by atoms with van der Waals surface area (Å²) in [7, 11) is 0. The third kappa shape index (κ3) is 3.98. The first-order valence-corrected chi connectivity index (χ1v) is 7.18. The largest absolute Gasteiger partial charge is 0.494 e. The van der Waals surface area contributed by atoms with Crippen molar-refractivity contribution in [1.82, 2.24) is 4.90 Å². The predicted molar refractivity (Wildman–Crippen MR) is 76.3 cm³/mol. The van der Waals surface area contributed by atoms with Gasteiger partial charge < -0.3 is 9.64 Å². The summed E-state index contributed by atoms with van der Waals surface area (Å²) in [5.74, 6) is 1.75. The number of rotatable bonds is 4. The number of nitrogens with zero attached hydrogens (tertiary/aromatic N) is 1. The predicted octanol–water partition coefficient (Wildman–Crippen LogP) is 2.89. The number of hydrogen-bond donors (Lipinski definition) is 0. The van der Waals surface area contributed by atoms with E-state index in [-0.39, 0.29) is 5.91 Å². The molecule has 0 aromatic heterocycles. The molecule has 1 atom stereocenters. The summed E-state index contributed by atoms with van der Waals surface area (Å²) in [6.07, 6.45) is 2.88. The van der Waals surface area contributed by atoms with Crippen LogP contribution in [0, 0.1) is 5.92 Å². The van der Waals surface area contributed by atoms with Crippen LogP contribution >= 0.6 is 0 Å². The lowest BCUT2D eigenvalue weighted by Crippen LogP contribution is -2.39. The van der Waals surface area contributed by atoms with Crippen molar-refractivity contribution < 1.29 is 9.53 Å². The van der Waals surface area contributed by atoms with Crippen molar-refractivity contribution in [3.63, 3.8) is 0 Å². The second-order valence-corrected chi connectivity index (χ2v) is 5.34. The molecule has 1 aromatic rings. The minimum absolute atomic E-state index is 0.246. The van der Waals surface area contributed by atoms with Crippen molar-refractivity contribution in [2.24, 2.45) is 5.92 Å². The molecule has 1 unspecified atom stereocenters. The second-order valence-electron chi connectivity index (χ2n) is 5.34. The highest BCUT2D eigenvalue weighted by atomic mass is 16.5. The Kier molecular flexibility index (Phi) is 4.83. The van der Waals surface area contributed by atoms with Gasteiger partial charge in [0.05, 0.1) is 13.0 Å². The summed E-state index contributed by atoms with van der Waals surface area (Å²) in [6, 6.07) is 7.84. The Morgan fingerprint density at radius 2 is 2.11 bits per heavy atom. The average Bonchev–Trinajstić information content (AvgIpc) is 2.41. The molecule has 0 aliphatic carbocycles. The molecule has 0 saturated carbocycles. The Bertz CT molecular complexity index is 413. The maximum Gasteiger partial charge on any atom is 0.226 e. The molecule has 1 saturated heterocycles. The highest BCUT2D eigenvalue weighted by molar-refractivity contribution is 5.78. The van der Waals surface area contributed by atoms with E-state index in [1.807, 2.05) is 36.1 Å². The molecule has 1 amide bonds. The van der Waals surface area contributed by atoms with E-state index in [0.29, 0.717) is 18.9 Å². The van der Waals surface area contributed by atoms with Crippen LogP contribution in [0.2, 0.25) is 0 Å². The fraction of sp³-hybridized carbons (Fsp3) is 0.562. The van der Waals surface area contributed by atoms with Crippen LogP contribution in [0.5, 0.6) is 5.75 Å². The van der Waals surface area contributed by atoms with Gasteiger partial charge in [-0.05, 0) is 43.4 Å². The van der Waals surface area contributed by atoms with Gasteiger partial charge in [0, 0.05) is 13.1 Å². The van der Waals surface area contributed by atoms with Crippen molar-refractivity contribution in [2.75, 3.05) is 19.7 Å². The fourth-order valence-electron chi connectivity index (χ4n) is 2.57. The van der Waals surface area contributed by atoms with Crippen LogP contribution in [0.1, 0.15) is 32.3 Å². The van der Waals surface area contributed by atoms with Gasteiger partial charge in [0.15, 0.2) is 0 Å². The van der Waals surface area contributed by atoms with E-state index in [1.54, 1.807) is 0 Å². The Morgan fingerprint density at radius 3 is 2.74 bits per heavy atom. The molecule has 104 valence electrons. The Balaban J connectivity index is 1.90. The zero-order chi connectivity index (χ0) is 13.7. The van der Waals surface area contributed by atoms with Gasteiger partial charge in [0.2, 0.25) is 5.91 Å². The highest BCUT2D eigenvalue weighted by Crippen LogP contribution is 2.17. The molecule has 3 nitrogen and oxygen atoms in total. The van der Waals surface area contributed by atoms with Crippen LogP contribution in [0.4, 0.5) is 0 Å². The summed E-state index contributed by atoms with van der Waals surface area (Å²) >= 11 is 0. The maximum atomic E-state index is 12.2. The third-order valence-electron chi connectivity index (χ3n) is 3.60. The van der Waals surface area contributed by atoms with Gasteiger partial charge in [-0.2, -0.15) is 0 Å². The quantitative estimate of drug-likeness (QED) is 0.834. The first kappa shape index (κ1) is 13.9. The first-order chi connectivity index (χ1) is 9.19. The minimum Gasteiger partial charge on any atom is -0.494 e. The highest BCUT2D eigenvalue weighted by Gasteiger charge is 2.20. The van der Waals surface area contributed by atoms with Gasteiger partial charge in [-0.25, -0.2) is 0 Å². The van der Waals surface area contributed by atoms with Crippen LogP contribution in [0.15, 0.2) is 24.3 Å². The molecule has 1 fully saturated rings. The molecule has 0 N–H and O–H groups in total. The molecule has 1 aliphatic heterocycles. The van der Waals surface area contributed by atoms with E-state index >= 15 is 0 Å². The lowest BCUT2D eigenvalue weighted by molar-refractivity contribution is -0.132. The minimum atomic E-state index is 0.246. The number of carbonyl (C=O) groups excluding carboxylic acids is 1. The van der Waals surface area contributed by atoms with E-state index in [1.165, 1.54) is 6.42 Å². The molecule has 3 heteroatoms. The molecular formula is C16H23NO2. The molecule has 2 rings (SSSR count). The molecule has 0 radical (unpaired) electrons. The van der Waals surface area contributed by atoms with E-state index in [9.17, 15) is 4.79 Å². The van der Waals surface area contributed by atoms with Gasteiger partial charge in [-0.1, -0.05) is 19.1 Å². The molecular weight excluding hydrogens is 238 g/mol. The number of benzene rings is 1. The molecule has 1 heterocycles. The van der Waals surface area contributed by atoms with E-state index in [4.69, 9.17) is 4.74 Å². The zero-order valence-electron chi connectivity index (χ0n) is 11.9. The Hall–Kier alpha value is -1.51. The van der Waals surface area contributed by atoms with Gasteiger partial charge in [-0.3, -0.25) is 4.79 Å². The van der Waals surface area contributed by atoms with Crippen molar-refractivity contribution in [2.45, 2.75) is 33.1 Å². The van der Waals surface area contributed by atoms with Crippen LogP contribution in [-0.2, 0) is 11.2 Å². The molecule has 0 spiro atoms. The number of amides is 1. The van der Waals surface area contributed by atoms with Gasteiger partial charge in [0.25, 0.3) is 0 Å². The van der Waals surface area contributed by atoms with E-state index < -0.39 is 0 Å². The number of hydrogen-bond acceptors (Lipinski definition) is 2. The smallest absolute Gasteiger partial charge is 0.226 e. The second kappa shape index (κ2) is 6.60. The number of likely N-dealkylation sites (tertiary alicyclic amines) is 1. The molecule has 1 aromatic carbocycles. The Labute approximate surface area is 115 Å². The lowest BCUT2D eigenvalue weighted by atomic mass is 9.99. The lowest BCUT2D eigenvalue weighted by Gasteiger charge is -2.31. The monoisotopic (exact) mass is 261 g/mol. The topological polar surface area (TPSA) is 29.5 Å². The number of ether oxygens (including phenoxy) is 1. The summed E-state index contributed by atoms with van der Waals surface area (Å²) in [6.45, 7) is 6.69. The van der Waals surface area contributed by atoms with Crippen LogP contribution in [0.25, 0.3) is 0 Å². The van der Waals surface area contributed by atoms with E-state index in [2.05, 4.69) is 6.92 Å². The van der Waals surface area contributed by atoms with Gasteiger partial charge >= 0.3 is 0 Å². The molecule has 1 aliphatic rings. The van der Waals surface area contributed by atoms with E-state index in [0.717, 1.165) is 30.8 Å². The van der Waals surface area contributed by atoms with Gasteiger partial charge in [-0.15, -0.1) is 0 Å². The van der Waals surface area contributed by atoms with Crippen molar-refractivity contribution >= 4 is 5.91 Å². The third-order valence-corrected chi connectivity index (χ3v) is 3.60. The summed E-state index contributed by atoms with van der Waals surface area (Å²) < 4.78 is 5.40. The number of carbonyl (C=O) groups is 1. The summed E-state index contributed by atoms with van der Waals surface area (Å²) in [5, 5.41) is 0. The first-order valence-electron chi connectivity index (χ1n) is 7.18. The standard InChI is InChI=1S/C16H23NO2/c1-3-19-15-8-6-14(7-9-15)11-16(18)17-10-4-5-13(2)12-17/h6-9,13H,3-5,10-12H2,1-2H3. The Morgan fingerprint density at radius 1 is 1.37 bits per heavy atom. The maximum absolute atomic E-state index is 12.2. The fourth-order valence-corrected chi connectivity index (χ4v) is 2.57. The van der Waals surface area contributed by atoms with Crippen molar-refractivity contribution in [3.05, 3.63) is 29.8 Å². The van der Waals surface area contributed by atoms with Gasteiger partial charge in [0.1, 0.15) is 5.75 Å². The SMILES string of the molecule is CCOc1ccc(CC(=O)N2CCCC(C)C2)cc1. The molecule has 0 bridgehead atoms. The van der Waals surface area contributed by atoms with Crippen molar-refractivity contribution in [3.8, 4) is 5.75 Å². The van der Waals surface area contributed by atoms with Crippen LogP contribution in [-0.4, -0.2) is 30.5 Å². The summed E-state index contributed by atoms with van der Waals surface area (Å²) in [5.41, 5.74) is 1.06. The zero-order valence-corrected chi connectivity index (χ0v) is 11.9. The van der Waals surface area contributed by atoms with Crippen molar-refractivity contribution in [1.29, 1.82) is 0 Å².